The second-order valence-corrected chi connectivity index (χ2v) is 9.37. The summed E-state index contributed by atoms with van der Waals surface area (Å²) < 4.78 is 40.3. The molecule has 8 heteroatoms. The Morgan fingerprint density at radius 1 is 0.900 bits per heavy atom. The van der Waals surface area contributed by atoms with Gasteiger partial charge in [-0.2, -0.15) is 0 Å². The Morgan fingerprint density at radius 3 is 2.37 bits per heavy atom. The fourth-order valence-electron chi connectivity index (χ4n) is 3.30. The predicted molar refractivity (Wildman–Crippen MR) is 117 cm³/mol. The van der Waals surface area contributed by atoms with Crippen molar-refractivity contribution in [3.05, 3.63) is 87.9 Å². The Labute approximate surface area is 185 Å². The summed E-state index contributed by atoms with van der Waals surface area (Å²) in [5.41, 5.74) is 1.75. The van der Waals surface area contributed by atoms with Crippen LogP contribution in [0.15, 0.2) is 71.6 Å². The fraction of sp³-hybridized carbons (Fsp3) is 0.182. The predicted octanol–water partition coefficient (Wildman–Crippen LogP) is 5.03. The van der Waals surface area contributed by atoms with Gasteiger partial charge in [0, 0.05) is 5.02 Å². The highest BCUT2D eigenvalue weighted by atomic mass is 35.5. The molecule has 0 spiro atoms. The average Bonchev–Trinajstić information content (AvgIpc) is 2.73. The van der Waals surface area contributed by atoms with Crippen LogP contribution in [0.5, 0.6) is 11.5 Å². The summed E-state index contributed by atoms with van der Waals surface area (Å²) in [6.45, 7) is 0.938. The lowest BCUT2D eigenvalue weighted by Gasteiger charge is -2.23. The molecule has 0 amide bonds. The highest BCUT2D eigenvalue weighted by Crippen LogP contribution is 2.34. The fourth-order valence-corrected chi connectivity index (χ4v) is 5.29. The van der Waals surface area contributed by atoms with E-state index in [0.717, 1.165) is 11.1 Å². The van der Waals surface area contributed by atoms with Crippen molar-refractivity contribution in [1.29, 1.82) is 0 Å². The smallest absolute Gasteiger partial charge is 0.242 e. The van der Waals surface area contributed by atoms with Crippen LogP contribution in [0, 0.1) is 0 Å². The molecule has 0 bridgehead atoms. The molecule has 5 nitrogen and oxygen atoms in total. The molecule has 1 aliphatic rings. The molecule has 1 atom stereocenters. The number of hydrogen-bond acceptors (Lipinski definition) is 4. The molecule has 0 aliphatic carbocycles. The molecule has 3 aromatic rings. The van der Waals surface area contributed by atoms with Crippen LogP contribution in [0.25, 0.3) is 0 Å². The molecule has 0 radical (unpaired) electrons. The monoisotopic (exact) mass is 463 g/mol. The summed E-state index contributed by atoms with van der Waals surface area (Å²) in [5.74, 6) is 1.24. The number of nitrogens with one attached hydrogen (secondary N) is 1. The normalized spacial score (nSPS) is 14.3. The van der Waals surface area contributed by atoms with E-state index in [4.69, 9.17) is 32.7 Å². The molecule has 0 fully saturated rings. The van der Waals surface area contributed by atoms with E-state index in [1.54, 1.807) is 6.07 Å². The van der Waals surface area contributed by atoms with Crippen molar-refractivity contribution in [2.24, 2.45) is 0 Å². The van der Waals surface area contributed by atoms with Crippen molar-refractivity contribution in [3.63, 3.8) is 0 Å². The van der Waals surface area contributed by atoms with Gasteiger partial charge in [0.05, 0.1) is 11.1 Å². The highest BCUT2D eigenvalue weighted by molar-refractivity contribution is 7.89. The van der Waals surface area contributed by atoms with Crippen molar-refractivity contribution in [3.8, 4) is 11.5 Å². The standard InChI is InChI=1S/C22H19Cl2NO4S/c23-17-7-9-22(18(24)14-17)30(26,27)25-19(12-15-4-2-1-3-5-15)16-6-8-20-21(13-16)29-11-10-28-20/h1-9,13-14,19,25H,10-12H2. The Balaban J connectivity index is 1.70. The number of ether oxygens (including phenoxy) is 2. The van der Waals surface area contributed by atoms with Crippen molar-refractivity contribution < 1.29 is 17.9 Å². The molecule has 1 unspecified atom stereocenters. The molecule has 30 heavy (non-hydrogen) atoms. The summed E-state index contributed by atoms with van der Waals surface area (Å²) >= 11 is 12.1. The third-order valence-corrected chi connectivity index (χ3v) is 6.92. The molecule has 0 aromatic heterocycles. The lowest BCUT2D eigenvalue weighted by molar-refractivity contribution is 0.171. The van der Waals surface area contributed by atoms with Gasteiger partial charge in [-0.1, -0.05) is 59.6 Å². The summed E-state index contributed by atoms with van der Waals surface area (Å²) in [5, 5.41) is 0.433. The lowest BCUT2D eigenvalue weighted by Crippen LogP contribution is -2.30. The van der Waals surface area contributed by atoms with Crippen LogP contribution < -0.4 is 14.2 Å². The Hall–Kier alpha value is -2.25. The number of rotatable bonds is 6. The van der Waals surface area contributed by atoms with Crippen molar-refractivity contribution >= 4 is 33.2 Å². The first-order valence-electron chi connectivity index (χ1n) is 9.33. The van der Waals surface area contributed by atoms with Gasteiger partial charge in [0.15, 0.2) is 11.5 Å². The molecule has 1 aliphatic heterocycles. The van der Waals surface area contributed by atoms with E-state index >= 15 is 0 Å². The van der Waals surface area contributed by atoms with Gasteiger partial charge in [-0.3, -0.25) is 0 Å². The Morgan fingerprint density at radius 2 is 1.63 bits per heavy atom. The van der Waals surface area contributed by atoms with E-state index in [2.05, 4.69) is 4.72 Å². The van der Waals surface area contributed by atoms with Gasteiger partial charge in [0.25, 0.3) is 0 Å². The zero-order valence-electron chi connectivity index (χ0n) is 15.8. The third-order valence-electron chi connectivity index (χ3n) is 4.73. The van der Waals surface area contributed by atoms with Crippen molar-refractivity contribution in [2.45, 2.75) is 17.4 Å². The zero-order chi connectivity index (χ0) is 21.1. The van der Waals surface area contributed by atoms with E-state index < -0.39 is 16.1 Å². The molecule has 1 N–H and O–H groups in total. The van der Waals surface area contributed by atoms with Crippen LogP contribution in [0.1, 0.15) is 17.2 Å². The largest absolute Gasteiger partial charge is 0.486 e. The van der Waals surface area contributed by atoms with Gasteiger partial charge in [-0.15, -0.1) is 0 Å². The minimum absolute atomic E-state index is 0.0239. The van der Waals surface area contributed by atoms with Gasteiger partial charge in [-0.25, -0.2) is 13.1 Å². The quantitative estimate of drug-likeness (QED) is 0.556. The van der Waals surface area contributed by atoms with E-state index in [0.29, 0.717) is 36.2 Å². The van der Waals surface area contributed by atoms with E-state index in [-0.39, 0.29) is 9.92 Å². The molecule has 1 heterocycles. The second kappa shape index (κ2) is 8.86. The van der Waals surface area contributed by atoms with Gasteiger partial charge in [0.1, 0.15) is 18.1 Å². The molecular formula is C22H19Cl2NO4S. The van der Waals surface area contributed by atoms with Crippen LogP contribution in [0.3, 0.4) is 0 Å². The first kappa shape index (κ1) is 21.0. The van der Waals surface area contributed by atoms with Crippen molar-refractivity contribution in [1.82, 2.24) is 4.72 Å². The highest BCUT2D eigenvalue weighted by Gasteiger charge is 2.25. The SMILES string of the molecule is O=S(=O)(NC(Cc1ccccc1)c1ccc2c(c1)OCCO2)c1ccc(Cl)cc1Cl. The molecule has 4 rings (SSSR count). The maximum absolute atomic E-state index is 13.1. The topological polar surface area (TPSA) is 64.6 Å². The molecule has 156 valence electrons. The lowest BCUT2D eigenvalue weighted by atomic mass is 9.99. The second-order valence-electron chi connectivity index (χ2n) is 6.84. The molecule has 0 saturated carbocycles. The van der Waals surface area contributed by atoms with Crippen LogP contribution in [0.2, 0.25) is 10.0 Å². The number of benzene rings is 3. The number of halogens is 2. The number of fused-ring (bicyclic) bond motifs is 1. The van der Waals surface area contributed by atoms with Gasteiger partial charge in [0.2, 0.25) is 10.0 Å². The van der Waals surface area contributed by atoms with Crippen LogP contribution in [-0.4, -0.2) is 21.6 Å². The van der Waals surface area contributed by atoms with Gasteiger partial charge < -0.3 is 9.47 Å². The Kier molecular flexibility index (Phi) is 6.20. The van der Waals surface area contributed by atoms with E-state index in [1.165, 1.54) is 18.2 Å². The minimum atomic E-state index is -3.91. The molecule has 3 aromatic carbocycles. The van der Waals surface area contributed by atoms with Crippen molar-refractivity contribution in [2.75, 3.05) is 13.2 Å². The van der Waals surface area contributed by atoms with E-state index in [9.17, 15) is 8.42 Å². The number of hydrogen-bond donors (Lipinski definition) is 1. The number of sulfonamides is 1. The first-order valence-corrected chi connectivity index (χ1v) is 11.6. The summed E-state index contributed by atoms with van der Waals surface area (Å²) in [7, 11) is -3.91. The third kappa shape index (κ3) is 4.73. The maximum Gasteiger partial charge on any atom is 0.242 e. The Bertz CT molecular complexity index is 1150. The van der Waals surface area contributed by atoms with Gasteiger partial charge in [-0.05, 0) is 47.9 Å². The van der Waals surface area contributed by atoms with Crippen LogP contribution >= 0.6 is 23.2 Å². The van der Waals surface area contributed by atoms with Gasteiger partial charge >= 0.3 is 0 Å². The maximum atomic E-state index is 13.1. The summed E-state index contributed by atoms with van der Waals surface area (Å²) in [6.07, 6.45) is 0.449. The van der Waals surface area contributed by atoms with Crippen LogP contribution in [-0.2, 0) is 16.4 Å². The molecular weight excluding hydrogens is 445 g/mol. The first-order chi connectivity index (χ1) is 14.4. The summed E-state index contributed by atoms with van der Waals surface area (Å²) in [4.78, 5) is -0.0239. The molecule has 0 saturated heterocycles. The summed E-state index contributed by atoms with van der Waals surface area (Å²) in [6, 6.07) is 18.9. The average molecular weight is 464 g/mol. The van der Waals surface area contributed by atoms with Crippen LogP contribution in [0.4, 0.5) is 0 Å². The zero-order valence-corrected chi connectivity index (χ0v) is 18.2. The minimum Gasteiger partial charge on any atom is -0.486 e. The van der Waals surface area contributed by atoms with E-state index in [1.807, 2.05) is 42.5 Å².